The first-order valence-corrected chi connectivity index (χ1v) is 9.00. The Morgan fingerprint density at radius 3 is 2.79 bits per heavy atom. The molecule has 1 aliphatic heterocycles. The van der Waals surface area contributed by atoms with Crippen molar-refractivity contribution in [3.63, 3.8) is 0 Å². The van der Waals surface area contributed by atoms with Crippen molar-refractivity contribution in [2.24, 2.45) is 0 Å². The van der Waals surface area contributed by atoms with Crippen LogP contribution in [0.3, 0.4) is 0 Å². The Morgan fingerprint density at radius 2 is 2.14 bits per heavy atom. The predicted molar refractivity (Wildman–Crippen MR) is 89.1 cm³/mol. The van der Waals surface area contributed by atoms with Crippen LogP contribution in [0.5, 0.6) is 0 Å². The Balaban J connectivity index is 1.76. The second-order valence-electron chi connectivity index (χ2n) is 5.69. The SMILES string of the molecule is CNc1ncnc2c1ncn2[C@@H]1O[C@H](COC(O[P+](=O)O)C(=O)O)[C@@H](O)[C@H]1O. The number of fused-ring (bicyclic) bond motifs is 1. The van der Waals surface area contributed by atoms with Crippen LogP contribution in [0.4, 0.5) is 5.82 Å². The van der Waals surface area contributed by atoms with E-state index in [9.17, 15) is 19.6 Å². The molecule has 0 bridgehead atoms. The minimum Gasteiger partial charge on any atom is -0.477 e. The number of aliphatic carboxylic acids is 1. The highest BCUT2D eigenvalue weighted by atomic mass is 31.1. The first-order valence-electron chi connectivity index (χ1n) is 7.87. The number of carboxylic acid groups (broad SMARTS) is 1. The molecule has 2 unspecified atom stereocenters. The summed E-state index contributed by atoms with van der Waals surface area (Å²) >= 11 is 0. The second kappa shape index (κ2) is 8.36. The van der Waals surface area contributed by atoms with Gasteiger partial charge in [0.05, 0.1) is 12.9 Å². The van der Waals surface area contributed by atoms with E-state index in [2.05, 4.69) is 24.8 Å². The third-order valence-electron chi connectivity index (χ3n) is 4.01. The number of rotatable bonds is 8. The average Bonchev–Trinajstić information content (AvgIpc) is 3.20. The van der Waals surface area contributed by atoms with E-state index in [-0.39, 0.29) is 0 Å². The quantitative estimate of drug-likeness (QED) is 0.247. The molecule has 152 valence electrons. The minimum absolute atomic E-state index is 0.334. The molecule has 2 aromatic rings. The number of hydrogen-bond donors (Lipinski definition) is 5. The van der Waals surface area contributed by atoms with Crippen LogP contribution < -0.4 is 5.32 Å². The number of anilines is 1. The third-order valence-corrected chi connectivity index (χ3v) is 4.38. The van der Waals surface area contributed by atoms with Gasteiger partial charge in [-0.25, -0.2) is 19.7 Å². The van der Waals surface area contributed by atoms with Crippen LogP contribution in [0.15, 0.2) is 12.7 Å². The number of nitrogens with one attached hydrogen (secondary N) is 1. The number of nitrogens with zero attached hydrogens (tertiary/aromatic N) is 4. The zero-order chi connectivity index (χ0) is 20.4. The maximum absolute atomic E-state index is 11.0. The van der Waals surface area contributed by atoms with Crippen LogP contribution in [0.1, 0.15) is 6.23 Å². The van der Waals surface area contributed by atoms with Gasteiger partial charge in [0.1, 0.15) is 30.2 Å². The maximum Gasteiger partial charge on any atom is 0.698 e. The molecule has 0 radical (unpaired) electrons. The van der Waals surface area contributed by atoms with E-state index >= 15 is 0 Å². The fourth-order valence-corrected chi connectivity index (χ4v) is 3.04. The summed E-state index contributed by atoms with van der Waals surface area (Å²) in [7, 11) is -1.57. The molecule has 0 spiro atoms. The number of carboxylic acids is 1. The lowest BCUT2D eigenvalue weighted by atomic mass is 10.1. The van der Waals surface area contributed by atoms with Gasteiger partial charge in [-0.2, -0.15) is 0 Å². The molecule has 1 saturated heterocycles. The molecule has 0 saturated carbocycles. The molecule has 6 atom stereocenters. The number of ether oxygens (including phenoxy) is 2. The highest BCUT2D eigenvalue weighted by molar-refractivity contribution is 7.32. The summed E-state index contributed by atoms with van der Waals surface area (Å²) in [4.78, 5) is 31.9. The Kier molecular flexibility index (Phi) is 6.10. The lowest BCUT2D eigenvalue weighted by Crippen LogP contribution is -2.36. The molecule has 0 aliphatic carbocycles. The molecule has 15 heteroatoms. The Bertz CT molecular complexity index is 879. The van der Waals surface area contributed by atoms with Gasteiger partial charge in [-0.05, 0) is 0 Å². The lowest BCUT2D eigenvalue weighted by Gasteiger charge is -2.16. The van der Waals surface area contributed by atoms with Crippen molar-refractivity contribution >= 4 is 31.2 Å². The smallest absolute Gasteiger partial charge is 0.477 e. The fraction of sp³-hybridized carbons (Fsp3) is 0.538. The average molecular weight is 418 g/mol. The van der Waals surface area contributed by atoms with Crippen molar-refractivity contribution in [3.05, 3.63) is 12.7 Å². The largest absolute Gasteiger partial charge is 0.698 e. The van der Waals surface area contributed by atoms with Crippen molar-refractivity contribution in [2.45, 2.75) is 30.8 Å². The van der Waals surface area contributed by atoms with Gasteiger partial charge in [-0.3, -0.25) is 4.57 Å². The Labute approximate surface area is 157 Å². The maximum atomic E-state index is 11.0. The van der Waals surface area contributed by atoms with Crippen LogP contribution >= 0.6 is 8.25 Å². The summed E-state index contributed by atoms with van der Waals surface area (Å²) in [6, 6.07) is 0. The van der Waals surface area contributed by atoms with Crippen LogP contribution in [0.2, 0.25) is 0 Å². The van der Waals surface area contributed by atoms with Crippen molar-refractivity contribution in [1.82, 2.24) is 19.5 Å². The molecule has 3 heterocycles. The monoisotopic (exact) mass is 418 g/mol. The zero-order valence-electron chi connectivity index (χ0n) is 14.3. The van der Waals surface area contributed by atoms with Crippen molar-refractivity contribution in [3.8, 4) is 0 Å². The molecule has 5 N–H and O–H groups in total. The van der Waals surface area contributed by atoms with Gasteiger partial charge in [-0.15, -0.1) is 4.89 Å². The van der Waals surface area contributed by atoms with Crippen LogP contribution in [-0.2, 0) is 23.4 Å². The summed E-state index contributed by atoms with van der Waals surface area (Å²) in [5, 5.41) is 32.3. The van der Waals surface area contributed by atoms with Gasteiger partial charge in [-0.1, -0.05) is 4.52 Å². The van der Waals surface area contributed by atoms with Gasteiger partial charge in [0.15, 0.2) is 17.7 Å². The fourth-order valence-electron chi connectivity index (χ4n) is 2.73. The van der Waals surface area contributed by atoms with Gasteiger partial charge in [0.25, 0.3) is 0 Å². The second-order valence-corrected chi connectivity index (χ2v) is 6.38. The molecular weight excluding hydrogens is 401 g/mol. The molecule has 0 amide bonds. The zero-order valence-corrected chi connectivity index (χ0v) is 15.2. The summed E-state index contributed by atoms with van der Waals surface area (Å²) in [6.07, 6.45) is -4.49. The minimum atomic E-state index is -3.22. The van der Waals surface area contributed by atoms with Gasteiger partial charge in [0, 0.05) is 11.6 Å². The molecule has 2 aromatic heterocycles. The first kappa shape index (κ1) is 20.4. The highest BCUT2D eigenvalue weighted by Crippen LogP contribution is 2.32. The van der Waals surface area contributed by atoms with E-state index in [1.807, 2.05) is 0 Å². The third kappa shape index (κ3) is 3.93. The number of carbonyl (C=O) groups is 1. The standard InChI is InChI=1S/C13H16N5O9P/c1-14-9-6-10(16-3-15-9)18(4-17-6)11-8(20)7(19)5(26-11)2-25-13(12(21)22)27-28(23)24/h3-5,7-8,11,13,19-20H,2H2,1H3,(H2-,14,15,16,21,22,23,24)/p+1/t5-,7-,8-,11-,13?/m1/s1. The van der Waals surface area contributed by atoms with Crippen molar-refractivity contribution in [2.75, 3.05) is 19.0 Å². The van der Waals surface area contributed by atoms with E-state index in [1.54, 1.807) is 7.05 Å². The summed E-state index contributed by atoms with van der Waals surface area (Å²) in [5.74, 6) is -1.19. The van der Waals surface area contributed by atoms with Gasteiger partial charge in [0.2, 0.25) is 0 Å². The van der Waals surface area contributed by atoms with E-state index in [0.29, 0.717) is 17.0 Å². The molecule has 3 rings (SSSR count). The molecule has 0 aromatic carbocycles. The molecule has 1 aliphatic rings. The molecule has 1 fully saturated rings. The summed E-state index contributed by atoms with van der Waals surface area (Å²) < 4.78 is 26.7. The Morgan fingerprint density at radius 1 is 1.39 bits per heavy atom. The molecule has 28 heavy (non-hydrogen) atoms. The van der Waals surface area contributed by atoms with E-state index < -0.39 is 51.7 Å². The first-order chi connectivity index (χ1) is 13.3. The van der Waals surface area contributed by atoms with E-state index in [0.717, 1.165) is 0 Å². The van der Waals surface area contributed by atoms with E-state index in [1.165, 1.54) is 17.2 Å². The number of aliphatic hydroxyl groups is 2. The van der Waals surface area contributed by atoms with Crippen molar-refractivity contribution in [1.29, 1.82) is 0 Å². The summed E-state index contributed by atoms with van der Waals surface area (Å²) in [5.41, 5.74) is 0.752. The number of aromatic nitrogens is 4. The predicted octanol–water partition coefficient (Wildman–Crippen LogP) is -1.42. The topological polar surface area (TPSA) is 198 Å². The number of hydrogen-bond acceptors (Lipinski definition) is 11. The number of aliphatic hydroxyl groups excluding tert-OH is 2. The highest BCUT2D eigenvalue weighted by Gasteiger charge is 2.45. The van der Waals surface area contributed by atoms with Gasteiger partial charge >= 0.3 is 20.5 Å². The normalized spacial score (nSPS) is 26.4. The molecular formula is C13H17N5O9P+. The van der Waals surface area contributed by atoms with Crippen LogP contribution in [0, 0.1) is 0 Å². The number of imidazole rings is 1. The van der Waals surface area contributed by atoms with Gasteiger partial charge < -0.3 is 30.1 Å². The summed E-state index contributed by atoms with van der Waals surface area (Å²) in [6.45, 7) is -0.530. The van der Waals surface area contributed by atoms with Crippen LogP contribution in [0.25, 0.3) is 11.2 Å². The lowest BCUT2D eigenvalue weighted by molar-refractivity contribution is -0.179. The van der Waals surface area contributed by atoms with Crippen LogP contribution in [-0.4, -0.2) is 84.0 Å². The molecule has 14 nitrogen and oxygen atoms in total. The van der Waals surface area contributed by atoms with Crippen molar-refractivity contribution < 1.29 is 43.6 Å². The Hall–Kier alpha value is -2.32. The van der Waals surface area contributed by atoms with E-state index in [4.69, 9.17) is 19.5 Å².